The highest BCUT2D eigenvalue weighted by atomic mass is 16.6. The van der Waals surface area contributed by atoms with Crippen LogP contribution in [0.1, 0.15) is 39.3 Å². The lowest BCUT2D eigenvalue weighted by Crippen LogP contribution is -2.41. The van der Waals surface area contributed by atoms with E-state index >= 15 is 0 Å². The summed E-state index contributed by atoms with van der Waals surface area (Å²) < 4.78 is 5.26. The molecule has 116 valence electrons. The van der Waals surface area contributed by atoms with Gasteiger partial charge in [0.25, 0.3) is 0 Å². The van der Waals surface area contributed by atoms with Gasteiger partial charge in [0, 0.05) is 37.7 Å². The maximum absolute atomic E-state index is 11.7. The predicted octanol–water partition coefficient (Wildman–Crippen LogP) is 1.97. The van der Waals surface area contributed by atoms with Gasteiger partial charge >= 0.3 is 6.09 Å². The molecule has 1 saturated heterocycles. The number of carbonyl (C=O) groups excluding carboxylic acids is 1. The Balaban J connectivity index is 1.81. The van der Waals surface area contributed by atoms with Gasteiger partial charge in [-0.1, -0.05) is 0 Å². The zero-order valence-corrected chi connectivity index (χ0v) is 13.0. The molecule has 1 aromatic heterocycles. The minimum atomic E-state index is -0.459. The molecule has 0 spiro atoms. The molecule has 1 aliphatic heterocycles. The van der Waals surface area contributed by atoms with Gasteiger partial charge in [0.1, 0.15) is 5.60 Å². The number of alkyl carbamates (subject to hydrolysis) is 1. The standard InChI is InChI=1S/C15H24N4O2/c1-15(2,3)21-14(20)18-10-13-5-4-8-19(13)11-12-9-16-6-7-17-12/h6-7,9,13H,4-5,8,10-11H2,1-3H3,(H,18,20). The highest BCUT2D eigenvalue weighted by molar-refractivity contribution is 5.67. The van der Waals surface area contributed by atoms with Crippen LogP contribution in [0.25, 0.3) is 0 Å². The van der Waals surface area contributed by atoms with Crippen molar-refractivity contribution in [3.63, 3.8) is 0 Å². The zero-order valence-electron chi connectivity index (χ0n) is 13.0. The number of aromatic nitrogens is 2. The van der Waals surface area contributed by atoms with E-state index in [1.54, 1.807) is 18.6 Å². The van der Waals surface area contributed by atoms with Crippen molar-refractivity contribution in [2.24, 2.45) is 0 Å². The molecule has 1 aliphatic rings. The highest BCUT2D eigenvalue weighted by Gasteiger charge is 2.26. The normalized spacial score (nSPS) is 19.5. The van der Waals surface area contributed by atoms with Crippen LogP contribution in [-0.2, 0) is 11.3 Å². The monoisotopic (exact) mass is 292 g/mol. The topological polar surface area (TPSA) is 67.3 Å². The lowest BCUT2D eigenvalue weighted by Gasteiger charge is -2.25. The SMILES string of the molecule is CC(C)(C)OC(=O)NCC1CCCN1Cc1cnccn1. The van der Waals surface area contributed by atoms with Crippen LogP contribution in [0.5, 0.6) is 0 Å². The zero-order chi connectivity index (χ0) is 15.3. The first-order valence-corrected chi connectivity index (χ1v) is 7.40. The van der Waals surface area contributed by atoms with Crippen molar-refractivity contribution >= 4 is 6.09 Å². The number of rotatable bonds is 4. The molecule has 2 rings (SSSR count). The van der Waals surface area contributed by atoms with Crippen LogP contribution in [0.2, 0.25) is 0 Å². The summed E-state index contributed by atoms with van der Waals surface area (Å²) in [5, 5.41) is 2.86. The Labute approximate surface area is 125 Å². The lowest BCUT2D eigenvalue weighted by atomic mass is 10.2. The summed E-state index contributed by atoms with van der Waals surface area (Å²) in [6.45, 7) is 7.99. The number of ether oxygens (including phenoxy) is 1. The molecule has 0 aliphatic carbocycles. The van der Waals surface area contributed by atoms with E-state index in [1.807, 2.05) is 20.8 Å². The molecular weight excluding hydrogens is 268 g/mol. The number of likely N-dealkylation sites (tertiary alicyclic amines) is 1. The van der Waals surface area contributed by atoms with Crippen molar-refractivity contribution in [1.82, 2.24) is 20.2 Å². The maximum Gasteiger partial charge on any atom is 0.407 e. The Hall–Kier alpha value is -1.69. The van der Waals surface area contributed by atoms with E-state index in [4.69, 9.17) is 4.74 Å². The molecule has 0 aromatic carbocycles. The molecule has 1 N–H and O–H groups in total. The van der Waals surface area contributed by atoms with E-state index in [0.29, 0.717) is 12.6 Å². The minimum Gasteiger partial charge on any atom is -0.444 e. The second-order valence-electron chi connectivity index (χ2n) is 6.35. The summed E-state index contributed by atoms with van der Waals surface area (Å²) in [4.78, 5) is 22.4. The molecule has 6 heteroatoms. The first-order valence-electron chi connectivity index (χ1n) is 7.40. The van der Waals surface area contributed by atoms with E-state index in [9.17, 15) is 4.79 Å². The van der Waals surface area contributed by atoms with Crippen LogP contribution in [0.4, 0.5) is 4.79 Å². The number of hydrogen-bond acceptors (Lipinski definition) is 5. The van der Waals surface area contributed by atoms with Crippen molar-refractivity contribution in [2.75, 3.05) is 13.1 Å². The molecule has 6 nitrogen and oxygen atoms in total. The van der Waals surface area contributed by atoms with Crippen LogP contribution in [0.15, 0.2) is 18.6 Å². The van der Waals surface area contributed by atoms with Gasteiger partial charge in [-0.05, 0) is 40.2 Å². The Morgan fingerprint density at radius 2 is 2.29 bits per heavy atom. The minimum absolute atomic E-state index is 0.333. The third-order valence-electron chi connectivity index (χ3n) is 3.36. The lowest BCUT2D eigenvalue weighted by molar-refractivity contribution is 0.0512. The Morgan fingerprint density at radius 3 is 2.95 bits per heavy atom. The molecule has 1 amide bonds. The fourth-order valence-electron chi connectivity index (χ4n) is 2.47. The van der Waals surface area contributed by atoms with Crippen molar-refractivity contribution in [2.45, 2.75) is 51.8 Å². The Kier molecular flexibility index (Phi) is 5.12. The van der Waals surface area contributed by atoms with Crippen LogP contribution >= 0.6 is 0 Å². The number of hydrogen-bond donors (Lipinski definition) is 1. The molecule has 1 aromatic rings. The summed E-state index contributed by atoms with van der Waals surface area (Å²) in [7, 11) is 0. The summed E-state index contributed by atoms with van der Waals surface area (Å²) in [6, 6.07) is 0.333. The van der Waals surface area contributed by atoms with Crippen molar-refractivity contribution < 1.29 is 9.53 Å². The molecule has 21 heavy (non-hydrogen) atoms. The number of nitrogens with one attached hydrogen (secondary N) is 1. The molecule has 1 unspecified atom stereocenters. The first kappa shape index (κ1) is 15.7. The van der Waals surface area contributed by atoms with Crippen LogP contribution in [-0.4, -0.2) is 45.7 Å². The van der Waals surface area contributed by atoms with Crippen molar-refractivity contribution in [3.05, 3.63) is 24.3 Å². The molecule has 0 radical (unpaired) electrons. The van der Waals surface area contributed by atoms with Crippen LogP contribution < -0.4 is 5.32 Å². The van der Waals surface area contributed by atoms with E-state index in [1.165, 1.54) is 0 Å². The van der Waals surface area contributed by atoms with Crippen molar-refractivity contribution in [3.8, 4) is 0 Å². The molecule has 0 bridgehead atoms. The average molecular weight is 292 g/mol. The largest absolute Gasteiger partial charge is 0.444 e. The number of amides is 1. The fourth-order valence-corrected chi connectivity index (χ4v) is 2.47. The van der Waals surface area contributed by atoms with E-state index in [0.717, 1.165) is 31.6 Å². The maximum atomic E-state index is 11.7. The van der Waals surface area contributed by atoms with Gasteiger partial charge in [0.05, 0.1) is 5.69 Å². The third kappa shape index (κ3) is 5.30. The van der Waals surface area contributed by atoms with E-state index in [-0.39, 0.29) is 6.09 Å². The van der Waals surface area contributed by atoms with Gasteiger partial charge in [0.2, 0.25) is 0 Å². The number of carbonyl (C=O) groups is 1. The van der Waals surface area contributed by atoms with Crippen LogP contribution in [0, 0.1) is 0 Å². The smallest absolute Gasteiger partial charge is 0.407 e. The third-order valence-corrected chi connectivity index (χ3v) is 3.36. The van der Waals surface area contributed by atoms with Gasteiger partial charge in [-0.2, -0.15) is 0 Å². The van der Waals surface area contributed by atoms with Gasteiger partial charge < -0.3 is 10.1 Å². The summed E-state index contributed by atoms with van der Waals surface area (Å²) in [6.07, 6.45) is 7.04. The predicted molar refractivity (Wildman–Crippen MR) is 79.7 cm³/mol. The van der Waals surface area contributed by atoms with Crippen molar-refractivity contribution in [1.29, 1.82) is 0 Å². The highest BCUT2D eigenvalue weighted by Crippen LogP contribution is 2.18. The van der Waals surface area contributed by atoms with Gasteiger partial charge in [0.15, 0.2) is 0 Å². The second kappa shape index (κ2) is 6.85. The molecule has 1 fully saturated rings. The number of nitrogens with zero attached hydrogens (tertiary/aromatic N) is 3. The molecule has 0 saturated carbocycles. The quantitative estimate of drug-likeness (QED) is 0.919. The molecule has 2 heterocycles. The Bertz CT molecular complexity index is 458. The summed E-state index contributed by atoms with van der Waals surface area (Å²) in [5.41, 5.74) is 0.501. The van der Waals surface area contributed by atoms with Gasteiger partial charge in [-0.3, -0.25) is 14.9 Å². The fraction of sp³-hybridized carbons (Fsp3) is 0.667. The van der Waals surface area contributed by atoms with Crippen LogP contribution in [0.3, 0.4) is 0 Å². The first-order chi connectivity index (χ1) is 9.94. The van der Waals surface area contributed by atoms with Gasteiger partial charge in [-0.25, -0.2) is 4.79 Å². The summed E-state index contributed by atoms with van der Waals surface area (Å²) >= 11 is 0. The van der Waals surface area contributed by atoms with E-state index in [2.05, 4.69) is 20.2 Å². The molecule has 1 atom stereocenters. The molecular formula is C15H24N4O2. The van der Waals surface area contributed by atoms with E-state index < -0.39 is 5.60 Å². The average Bonchev–Trinajstić information content (AvgIpc) is 2.83. The Morgan fingerprint density at radius 1 is 1.48 bits per heavy atom. The van der Waals surface area contributed by atoms with Gasteiger partial charge in [-0.15, -0.1) is 0 Å². The summed E-state index contributed by atoms with van der Waals surface area (Å²) in [5.74, 6) is 0. The second-order valence-corrected chi connectivity index (χ2v) is 6.35.